The maximum absolute atomic E-state index is 12.6. The number of carbonyl (C=O) groups is 1. The maximum atomic E-state index is 12.6. The Morgan fingerprint density at radius 1 is 1.16 bits per heavy atom. The second kappa shape index (κ2) is 7.50. The number of nitrogens with zero attached hydrogens (tertiary/aromatic N) is 3. The Labute approximate surface area is 143 Å². The van der Waals surface area contributed by atoms with Gasteiger partial charge in [0.15, 0.2) is 0 Å². The number of nitrogens with one attached hydrogen (secondary N) is 1. The number of hydrogen-bond acceptors (Lipinski definition) is 4. The van der Waals surface area contributed by atoms with Gasteiger partial charge in [-0.3, -0.25) is 4.79 Å². The average Bonchev–Trinajstić information content (AvgIpc) is 2.54. The lowest BCUT2D eigenvalue weighted by Gasteiger charge is -2.18. The van der Waals surface area contributed by atoms with Gasteiger partial charge in [-0.05, 0) is 31.5 Å². The average molecular weight is 352 g/mol. The third kappa shape index (κ3) is 5.17. The molecule has 2 aromatic rings. The zero-order valence-electron chi connectivity index (χ0n) is 14.1. The van der Waals surface area contributed by atoms with Crippen LogP contribution in [0.25, 0.3) is 0 Å². The van der Waals surface area contributed by atoms with Crippen LogP contribution in [-0.4, -0.2) is 33.9 Å². The smallest absolute Gasteiger partial charge is 0.352 e. The number of rotatable bonds is 5. The fourth-order valence-electron chi connectivity index (χ4n) is 2.14. The van der Waals surface area contributed by atoms with Crippen molar-refractivity contribution in [1.82, 2.24) is 14.9 Å². The summed E-state index contributed by atoms with van der Waals surface area (Å²) >= 11 is 0. The molecular formula is C17H19F3N4O. The van der Waals surface area contributed by atoms with Crippen molar-refractivity contribution in [3.8, 4) is 0 Å². The van der Waals surface area contributed by atoms with Crippen LogP contribution in [0.2, 0.25) is 0 Å². The van der Waals surface area contributed by atoms with E-state index in [9.17, 15) is 18.0 Å². The summed E-state index contributed by atoms with van der Waals surface area (Å²) in [6.45, 7) is 4.07. The fraction of sp³-hybridized carbons (Fsp3) is 0.353. The highest BCUT2D eigenvalue weighted by Crippen LogP contribution is 2.29. The Hall–Kier alpha value is -2.64. The molecule has 0 unspecified atom stereocenters. The number of anilines is 1. The quantitative estimate of drug-likeness (QED) is 0.893. The highest BCUT2D eigenvalue weighted by Gasteiger charge is 2.30. The van der Waals surface area contributed by atoms with Crippen molar-refractivity contribution >= 4 is 11.9 Å². The van der Waals surface area contributed by atoms with Crippen molar-refractivity contribution in [3.63, 3.8) is 0 Å². The molecule has 0 bridgehead atoms. The molecule has 5 nitrogen and oxygen atoms in total. The largest absolute Gasteiger partial charge is 0.416 e. The number of aromatic nitrogens is 2. The minimum atomic E-state index is -4.37. The van der Waals surface area contributed by atoms with E-state index in [2.05, 4.69) is 15.3 Å². The third-order valence-corrected chi connectivity index (χ3v) is 3.36. The van der Waals surface area contributed by atoms with Gasteiger partial charge in [-0.1, -0.05) is 12.1 Å². The van der Waals surface area contributed by atoms with Crippen molar-refractivity contribution < 1.29 is 18.0 Å². The number of hydrogen-bond donors (Lipinski definition) is 1. The van der Waals surface area contributed by atoms with E-state index >= 15 is 0 Å². The van der Waals surface area contributed by atoms with E-state index in [0.717, 1.165) is 12.1 Å². The molecule has 0 atom stereocenters. The molecule has 0 radical (unpaired) electrons. The molecule has 25 heavy (non-hydrogen) atoms. The molecule has 1 heterocycles. The summed E-state index contributed by atoms with van der Waals surface area (Å²) in [5.41, 5.74) is 0.193. The monoisotopic (exact) mass is 352 g/mol. The Morgan fingerprint density at radius 2 is 1.72 bits per heavy atom. The lowest BCUT2D eigenvalue weighted by Crippen LogP contribution is -2.26. The number of carbonyl (C=O) groups excluding carboxylic acids is 1. The van der Waals surface area contributed by atoms with E-state index in [1.165, 1.54) is 29.4 Å². The van der Waals surface area contributed by atoms with E-state index in [1.54, 1.807) is 7.05 Å². The van der Waals surface area contributed by atoms with Crippen LogP contribution in [-0.2, 0) is 12.7 Å². The van der Waals surface area contributed by atoms with Gasteiger partial charge in [0, 0.05) is 32.0 Å². The van der Waals surface area contributed by atoms with Crippen LogP contribution in [0.4, 0.5) is 19.1 Å². The minimum absolute atomic E-state index is 0.170. The highest BCUT2D eigenvalue weighted by atomic mass is 19.4. The van der Waals surface area contributed by atoms with Crippen molar-refractivity contribution in [2.45, 2.75) is 32.6 Å². The second-order valence-corrected chi connectivity index (χ2v) is 5.95. The summed E-state index contributed by atoms with van der Waals surface area (Å²) in [6, 6.07) is 4.90. The summed E-state index contributed by atoms with van der Waals surface area (Å²) in [5.74, 6) is 0.118. The molecule has 1 N–H and O–H groups in total. The van der Waals surface area contributed by atoms with Crippen LogP contribution >= 0.6 is 0 Å². The first-order valence-electron chi connectivity index (χ1n) is 7.67. The minimum Gasteiger partial charge on any atom is -0.352 e. The van der Waals surface area contributed by atoms with Gasteiger partial charge in [0.2, 0.25) is 5.95 Å². The number of alkyl halides is 3. The Bertz CT molecular complexity index is 712. The van der Waals surface area contributed by atoms with Gasteiger partial charge in [0.05, 0.1) is 11.1 Å². The molecular weight excluding hydrogens is 333 g/mol. The van der Waals surface area contributed by atoms with E-state index in [1.807, 2.05) is 13.8 Å². The maximum Gasteiger partial charge on any atom is 0.416 e. The number of amides is 1. The molecule has 0 fully saturated rings. The first-order chi connectivity index (χ1) is 11.7. The molecule has 2 rings (SSSR count). The molecule has 0 spiro atoms. The van der Waals surface area contributed by atoms with Gasteiger partial charge >= 0.3 is 6.18 Å². The van der Waals surface area contributed by atoms with Crippen molar-refractivity contribution in [2.75, 3.05) is 12.4 Å². The molecule has 0 aliphatic rings. The predicted molar refractivity (Wildman–Crippen MR) is 88.0 cm³/mol. The van der Waals surface area contributed by atoms with Gasteiger partial charge in [-0.25, -0.2) is 9.97 Å². The lowest BCUT2D eigenvalue weighted by atomic mass is 10.1. The van der Waals surface area contributed by atoms with Gasteiger partial charge < -0.3 is 10.2 Å². The van der Waals surface area contributed by atoms with Gasteiger partial charge in [0.1, 0.15) is 0 Å². The normalized spacial score (nSPS) is 11.5. The molecule has 0 saturated carbocycles. The summed E-state index contributed by atoms with van der Waals surface area (Å²) in [7, 11) is 1.57. The number of halogens is 3. The topological polar surface area (TPSA) is 58.1 Å². The zero-order valence-corrected chi connectivity index (χ0v) is 14.1. The highest BCUT2D eigenvalue weighted by molar-refractivity contribution is 5.93. The van der Waals surface area contributed by atoms with Crippen LogP contribution in [0.15, 0.2) is 36.7 Å². The van der Waals surface area contributed by atoms with E-state index in [0.29, 0.717) is 17.1 Å². The third-order valence-electron chi connectivity index (χ3n) is 3.36. The number of benzene rings is 1. The Morgan fingerprint density at radius 3 is 2.20 bits per heavy atom. The molecule has 8 heteroatoms. The van der Waals surface area contributed by atoms with E-state index < -0.39 is 11.7 Å². The standard InChI is InChI=1S/C17H19F3N4O/c1-11(2)23-16-21-8-13(9-22-16)15(25)24(3)10-12-4-6-14(7-5-12)17(18,19)20/h4-9,11H,10H2,1-3H3,(H,21,22,23). The van der Waals surface area contributed by atoms with Gasteiger partial charge in [-0.15, -0.1) is 0 Å². The van der Waals surface area contributed by atoms with Crippen molar-refractivity contribution in [2.24, 2.45) is 0 Å². The molecule has 1 aromatic heterocycles. The Kier molecular flexibility index (Phi) is 5.61. The zero-order chi connectivity index (χ0) is 18.6. The lowest BCUT2D eigenvalue weighted by molar-refractivity contribution is -0.137. The molecule has 1 aromatic carbocycles. The summed E-state index contributed by atoms with van der Waals surface area (Å²) < 4.78 is 37.7. The first kappa shape index (κ1) is 18.7. The van der Waals surface area contributed by atoms with Gasteiger partial charge in [-0.2, -0.15) is 13.2 Å². The first-order valence-corrected chi connectivity index (χ1v) is 7.67. The summed E-state index contributed by atoms with van der Waals surface area (Å²) in [6.07, 6.45) is -1.53. The van der Waals surface area contributed by atoms with E-state index in [4.69, 9.17) is 0 Å². The van der Waals surface area contributed by atoms with Crippen LogP contribution < -0.4 is 5.32 Å². The molecule has 0 aliphatic carbocycles. The van der Waals surface area contributed by atoms with E-state index in [-0.39, 0.29) is 18.5 Å². The molecule has 134 valence electrons. The van der Waals surface area contributed by atoms with Crippen molar-refractivity contribution in [3.05, 3.63) is 53.3 Å². The Balaban J connectivity index is 2.02. The molecule has 0 aliphatic heterocycles. The van der Waals surface area contributed by atoms with Crippen molar-refractivity contribution in [1.29, 1.82) is 0 Å². The molecule has 0 saturated heterocycles. The van der Waals surface area contributed by atoms with Crippen LogP contribution in [0, 0.1) is 0 Å². The van der Waals surface area contributed by atoms with Crippen LogP contribution in [0.5, 0.6) is 0 Å². The molecule has 1 amide bonds. The fourth-order valence-corrected chi connectivity index (χ4v) is 2.14. The SMILES string of the molecule is CC(C)Nc1ncc(C(=O)N(C)Cc2ccc(C(F)(F)F)cc2)cn1. The van der Waals surface area contributed by atoms with Gasteiger partial charge in [0.25, 0.3) is 5.91 Å². The van der Waals surface area contributed by atoms with Crippen LogP contribution in [0.1, 0.15) is 35.3 Å². The summed E-state index contributed by atoms with van der Waals surface area (Å²) in [5, 5.41) is 3.02. The second-order valence-electron chi connectivity index (χ2n) is 5.95. The predicted octanol–water partition coefficient (Wildman–Crippen LogP) is 3.59. The summed E-state index contributed by atoms with van der Waals surface area (Å²) in [4.78, 5) is 21.9. The van der Waals surface area contributed by atoms with Crippen LogP contribution in [0.3, 0.4) is 0 Å².